The van der Waals surface area contributed by atoms with Gasteiger partial charge in [0.15, 0.2) is 0 Å². The molecule has 0 aliphatic heterocycles. The number of benzene rings is 2. The summed E-state index contributed by atoms with van der Waals surface area (Å²) in [5.74, 6) is 0.326. The standard InChI is InChI=1S/C20H23ClN2O4S/c1-27-17-10-8-16(9-11-17)23-28(25,26)19-13-14(7-12-18(19)21)20(24)22-15-5-3-2-4-6-15/h7-13,15,23H,2-6H2,1H3,(H,22,24). The summed E-state index contributed by atoms with van der Waals surface area (Å²) >= 11 is 6.12. The molecule has 28 heavy (non-hydrogen) atoms. The molecule has 2 aromatic rings. The van der Waals surface area contributed by atoms with E-state index in [2.05, 4.69) is 10.0 Å². The van der Waals surface area contributed by atoms with Crippen LogP contribution in [0, 0.1) is 0 Å². The number of halogens is 1. The van der Waals surface area contributed by atoms with Gasteiger partial charge in [-0.05, 0) is 55.3 Å². The molecular formula is C20H23ClN2O4S. The Morgan fingerprint density at radius 1 is 1.07 bits per heavy atom. The number of hydrogen-bond acceptors (Lipinski definition) is 4. The maximum atomic E-state index is 12.8. The summed E-state index contributed by atoms with van der Waals surface area (Å²) in [6, 6.07) is 10.9. The summed E-state index contributed by atoms with van der Waals surface area (Å²) in [5.41, 5.74) is 0.638. The molecule has 1 amide bonds. The van der Waals surface area contributed by atoms with Crippen molar-refractivity contribution in [1.82, 2.24) is 5.32 Å². The summed E-state index contributed by atoms with van der Waals surface area (Å²) in [4.78, 5) is 12.4. The molecule has 3 rings (SSSR count). The van der Waals surface area contributed by atoms with Crippen LogP contribution in [-0.4, -0.2) is 27.5 Å². The maximum Gasteiger partial charge on any atom is 0.263 e. The second-order valence-corrected chi connectivity index (χ2v) is 8.85. The van der Waals surface area contributed by atoms with E-state index >= 15 is 0 Å². The lowest BCUT2D eigenvalue weighted by Gasteiger charge is -2.22. The fourth-order valence-electron chi connectivity index (χ4n) is 3.24. The van der Waals surface area contributed by atoms with Crippen LogP contribution in [-0.2, 0) is 10.0 Å². The number of hydrogen-bond donors (Lipinski definition) is 2. The fraction of sp³-hybridized carbons (Fsp3) is 0.350. The quantitative estimate of drug-likeness (QED) is 0.730. The van der Waals surface area contributed by atoms with Crippen LogP contribution in [0.5, 0.6) is 5.75 Å². The van der Waals surface area contributed by atoms with E-state index in [0.29, 0.717) is 11.4 Å². The first-order chi connectivity index (χ1) is 13.4. The average molecular weight is 423 g/mol. The van der Waals surface area contributed by atoms with Crippen LogP contribution < -0.4 is 14.8 Å². The predicted molar refractivity (Wildman–Crippen MR) is 110 cm³/mol. The molecule has 150 valence electrons. The molecule has 0 radical (unpaired) electrons. The Bertz CT molecular complexity index is 939. The molecule has 1 aliphatic rings. The van der Waals surface area contributed by atoms with Gasteiger partial charge in [0.05, 0.1) is 12.1 Å². The molecule has 0 saturated heterocycles. The zero-order valence-corrected chi connectivity index (χ0v) is 17.1. The van der Waals surface area contributed by atoms with E-state index in [9.17, 15) is 13.2 Å². The molecule has 1 aliphatic carbocycles. The van der Waals surface area contributed by atoms with Crippen molar-refractivity contribution in [1.29, 1.82) is 0 Å². The molecule has 0 spiro atoms. The van der Waals surface area contributed by atoms with Crippen molar-refractivity contribution < 1.29 is 17.9 Å². The van der Waals surface area contributed by atoms with Gasteiger partial charge in [-0.25, -0.2) is 8.42 Å². The van der Waals surface area contributed by atoms with Crippen LogP contribution in [0.15, 0.2) is 47.4 Å². The third kappa shape index (κ3) is 4.97. The molecule has 0 heterocycles. The zero-order valence-electron chi connectivity index (χ0n) is 15.6. The minimum Gasteiger partial charge on any atom is -0.497 e. The van der Waals surface area contributed by atoms with Gasteiger partial charge < -0.3 is 10.1 Å². The zero-order chi connectivity index (χ0) is 20.1. The first-order valence-corrected chi connectivity index (χ1v) is 11.0. The van der Waals surface area contributed by atoms with Crippen LogP contribution >= 0.6 is 11.6 Å². The molecule has 1 fully saturated rings. The Morgan fingerprint density at radius 3 is 2.39 bits per heavy atom. The van der Waals surface area contributed by atoms with Crippen LogP contribution in [0.4, 0.5) is 5.69 Å². The van der Waals surface area contributed by atoms with Gasteiger partial charge in [-0.3, -0.25) is 9.52 Å². The number of carbonyl (C=O) groups is 1. The van der Waals surface area contributed by atoms with Crippen molar-refractivity contribution in [2.75, 3.05) is 11.8 Å². The monoisotopic (exact) mass is 422 g/mol. The third-order valence-corrected chi connectivity index (χ3v) is 6.63. The summed E-state index contributed by atoms with van der Waals surface area (Å²) in [5, 5.41) is 3.04. The molecule has 6 nitrogen and oxygen atoms in total. The van der Waals surface area contributed by atoms with E-state index in [-0.39, 0.29) is 27.4 Å². The molecule has 0 unspecified atom stereocenters. The molecule has 2 N–H and O–H groups in total. The number of anilines is 1. The van der Waals surface area contributed by atoms with Gasteiger partial charge in [0.2, 0.25) is 0 Å². The van der Waals surface area contributed by atoms with Crippen LogP contribution in [0.25, 0.3) is 0 Å². The van der Waals surface area contributed by atoms with E-state index in [1.165, 1.54) is 31.7 Å². The molecule has 1 saturated carbocycles. The SMILES string of the molecule is COc1ccc(NS(=O)(=O)c2cc(C(=O)NC3CCCCC3)ccc2Cl)cc1. The largest absolute Gasteiger partial charge is 0.497 e. The number of ether oxygens (including phenoxy) is 1. The Kier molecular flexibility index (Phi) is 6.46. The molecular weight excluding hydrogens is 400 g/mol. The van der Waals surface area contributed by atoms with Gasteiger partial charge in [0, 0.05) is 17.3 Å². The summed E-state index contributed by atoms with van der Waals surface area (Å²) in [6.45, 7) is 0. The van der Waals surface area contributed by atoms with E-state index in [0.717, 1.165) is 25.7 Å². The van der Waals surface area contributed by atoms with E-state index < -0.39 is 10.0 Å². The smallest absolute Gasteiger partial charge is 0.263 e. The number of amides is 1. The molecule has 8 heteroatoms. The number of carbonyl (C=O) groups excluding carboxylic acids is 1. The second kappa shape index (κ2) is 8.84. The van der Waals surface area contributed by atoms with Gasteiger partial charge in [-0.2, -0.15) is 0 Å². The normalized spacial score (nSPS) is 15.1. The lowest BCUT2D eigenvalue weighted by atomic mass is 9.95. The lowest BCUT2D eigenvalue weighted by molar-refractivity contribution is 0.0927. The lowest BCUT2D eigenvalue weighted by Crippen LogP contribution is -2.36. The minimum atomic E-state index is -3.96. The molecule has 0 atom stereocenters. The summed E-state index contributed by atoms with van der Waals surface area (Å²) in [6.07, 6.45) is 5.27. The van der Waals surface area contributed by atoms with Crippen molar-refractivity contribution in [2.24, 2.45) is 0 Å². The highest BCUT2D eigenvalue weighted by Crippen LogP contribution is 2.26. The van der Waals surface area contributed by atoms with Gasteiger partial charge in [-0.1, -0.05) is 30.9 Å². The van der Waals surface area contributed by atoms with Crippen molar-refractivity contribution in [3.63, 3.8) is 0 Å². The van der Waals surface area contributed by atoms with Gasteiger partial charge in [-0.15, -0.1) is 0 Å². The fourth-order valence-corrected chi connectivity index (χ4v) is 4.82. The highest BCUT2D eigenvalue weighted by Gasteiger charge is 2.22. The Labute approximate surface area is 170 Å². The van der Waals surface area contributed by atoms with Gasteiger partial charge in [0.25, 0.3) is 15.9 Å². The van der Waals surface area contributed by atoms with Crippen LogP contribution in [0.2, 0.25) is 5.02 Å². The second-order valence-electron chi connectivity index (χ2n) is 6.79. The van der Waals surface area contributed by atoms with Crippen LogP contribution in [0.1, 0.15) is 42.5 Å². The van der Waals surface area contributed by atoms with Crippen LogP contribution in [0.3, 0.4) is 0 Å². The Morgan fingerprint density at radius 2 is 1.75 bits per heavy atom. The number of sulfonamides is 1. The highest BCUT2D eigenvalue weighted by molar-refractivity contribution is 7.92. The number of nitrogens with one attached hydrogen (secondary N) is 2. The summed E-state index contributed by atoms with van der Waals surface area (Å²) in [7, 11) is -2.42. The third-order valence-electron chi connectivity index (χ3n) is 4.77. The van der Waals surface area contributed by atoms with E-state index in [1.54, 1.807) is 24.3 Å². The molecule has 2 aromatic carbocycles. The number of methoxy groups -OCH3 is 1. The Hall–Kier alpha value is -2.25. The van der Waals surface area contributed by atoms with Crippen molar-refractivity contribution in [3.05, 3.63) is 53.1 Å². The first kappa shape index (κ1) is 20.5. The highest BCUT2D eigenvalue weighted by atomic mass is 35.5. The van der Waals surface area contributed by atoms with E-state index in [4.69, 9.17) is 16.3 Å². The average Bonchev–Trinajstić information content (AvgIpc) is 2.69. The maximum absolute atomic E-state index is 12.8. The summed E-state index contributed by atoms with van der Waals surface area (Å²) < 4.78 is 33.1. The number of rotatable bonds is 6. The predicted octanol–water partition coefficient (Wildman–Crippen LogP) is 4.21. The first-order valence-electron chi connectivity index (χ1n) is 9.16. The van der Waals surface area contributed by atoms with Crippen molar-refractivity contribution in [3.8, 4) is 5.75 Å². The van der Waals surface area contributed by atoms with Gasteiger partial charge >= 0.3 is 0 Å². The van der Waals surface area contributed by atoms with Crippen molar-refractivity contribution in [2.45, 2.75) is 43.0 Å². The molecule has 0 bridgehead atoms. The van der Waals surface area contributed by atoms with Crippen molar-refractivity contribution >= 4 is 33.2 Å². The molecule has 0 aromatic heterocycles. The minimum absolute atomic E-state index is 0.0511. The Balaban J connectivity index is 1.79. The van der Waals surface area contributed by atoms with E-state index in [1.807, 2.05) is 0 Å². The topological polar surface area (TPSA) is 84.5 Å². The van der Waals surface area contributed by atoms with Gasteiger partial charge in [0.1, 0.15) is 10.6 Å².